The van der Waals surface area contributed by atoms with Gasteiger partial charge >= 0.3 is 0 Å². The van der Waals surface area contributed by atoms with E-state index in [1.807, 2.05) is 50.2 Å². The Morgan fingerprint density at radius 2 is 1.94 bits per heavy atom. The lowest BCUT2D eigenvalue weighted by Gasteiger charge is -2.17. The number of anilines is 1. The molecule has 1 saturated heterocycles. The van der Waals surface area contributed by atoms with Crippen molar-refractivity contribution in [2.75, 3.05) is 18.4 Å². The number of carbonyl (C=O) groups excluding carboxylic acids is 2. The fourth-order valence-electron chi connectivity index (χ4n) is 3.83. The van der Waals surface area contributed by atoms with E-state index in [0.29, 0.717) is 25.3 Å². The highest BCUT2D eigenvalue weighted by atomic mass is 35.5. The molecule has 0 radical (unpaired) electrons. The first-order valence-electron chi connectivity index (χ1n) is 10.8. The summed E-state index contributed by atoms with van der Waals surface area (Å²) in [5.41, 5.74) is 2.72. The van der Waals surface area contributed by atoms with Crippen molar-refractivity contribution >= 4 is 29.2 Å². The fourth-order valence-corrected chi connectivity index (χ4v) is 4.04. The van der Waals surface area contributed by atoms with Crippen LogP contribution >= 0.6 is 11.6 Å². The molecule has 33 heavy (non-hydrogen) atoms. The van der Waals surface area contributed by atoms with Crippen LogP contribution in [0.2, 0.25) is 5.02 Å². The van der Waals surface area contributed by atoms with Crippen LogP contribution in [0.1, 0.15) is 53.0 Å². The first-order valence-corrected chi connectivity index (χ1v) is 11.2. The second kappa shape index (κ2) is 9.88. The molecule has 1 aliphatic heterocycles. The molecular formula is C25H24ClN5O2. The van der Waals surface area contributed by atoms with Crippen molar-refractivity contribution in [1.29, 1.82) is 0 Å². The van der Waals surface area contributed by atoms with E-state index >= 15 is 0 Å². The molecule has 1 fully saturated rings. The van der Waals surface area contributed by atoms with E-state index in [1.54, 1.807) is 15.8 Å². The number of aromatic nitrogens is 3. The number of nitrogens with one attached hydrogen (secondary N) is 1. The minimum atomic E-state index is -0.392. The van der Waals surface area contributed by atoms with Crippen LogP contribution in [0.15, 0.2) is 48.8 Å². The number of benzene rings is 1. The number of hydrogen-bond acceptors (Lipinski definition) is 4. The van der Waals surface area contributed by atoms with Gasteiger partial charge in [-0.2, -0.15) is 5.10 Å². The number of aryl methyl sites for hydroxylation is 1. The molecule has 7 nitrogen and oxygen atoms in total. The molecule has 1 atom stereocenters. The van der Waals surface area contributed by atoms with E-state index in [1.165, 1.54) is 6.20 Å². The summed E-state index contributed by atoms with van der Waals surface area (Å²) in [5.74, 6) is 6.32. The lowest BCUT2D eigenvalue weighted by atomic mass is 10.1. The monoisotopic (exact) mass is 461 g/mol. The topological polar surface area (TPSA) is 80.1 Å². The average Bonchev–Trinajstić information content (AvgIpc) is 3.46. The Morgan fingerprint density at radius 1 is 1.18 bits per heavy atom. The molecule has 0 bridgehead atoms. The summed E-state index contributed by atoms with van der Waals surface area (Å²) in [6.45, 7) is 4.85. The van der Waals surface area contributed by atoms with Crippen LogP contribution in [0.4, 0.5) is 5.82 Å². The smallest absolute Gasteiger partial charge is 0.276 e. The summed E-state index contributed by atoms with van der Waals surface area (Å²) in [4.78, 5) is 31.3. The van der Waals surface area contributed by atoms with Gasteiger partial charge in [0.2, 0.25) is 5.91 Å². The zero-order chi connectivity index (χ0) is 23.4. The minimum absolute atomic E-state index is 0.0945. The number of rotatable bonds is 4. The second-order valence-electron chi connectivity index (χ2n) is 7.88. The molecular weight excluding hydrogens is 438 g/mol. The van der Waals surface area contributed by atoms with Crippen LogP contribution in [-0.2, 0) is 4.79 Å². The quantitative estimate of drug-likeness (QED) is 0.594. The molecule has 1 aromatic carbocycles. The maximum atomic E-state index is 13.1. The van der Waals surface area contributed by atoms with E-state index in [4.69, 9.17) is 11.6 Å². The molecule has 2 amide bonds. The first-order chi connectivity index (χ1) is 16.0. The summed E-state index contributed by atoms with van der Waals surface area (Å²) in [7, 11) is 0. The third kappa shape index (κ3) is 5.07. The van der Waals surface area contributed by atoms with Crippen molar-refractivity contribution in [3.05, 3.63) is 76.2 Å². The van der Waals surface area contributed by atoms with Gasteiger partial charge in [0.25, 0.3) is 5.91 Å². The molecule has 168 valence electrons. The highest BCUT2D eigenvalue weighted by Crippen LogP contribution is 2.27. The zero-order valence-corrected chi connectivity index (χ0v) is 19.3. The second-order valence-corrected chi connectivity index (χ2v) is 8.29. The molecule has 3 aromatic rings. The lowest BCUT2D eigenvalue weighted by molar-refractivity contribution is -0.129. The van der Waals surface area contributed by atoms with Crippen LogP contribution < -0.4 is 5.32 Å². The Hall–Kier alpha value is -3.63. The molecule has 3 heterocycles. The number of hydrogen-bond donors (Lipinski definition) is 1. The van der Waals surface area contributed by atoms with E-state index < -0.39 is 5.91 Å². The van der Waals surface area contributed by atoms with Gasteiger partial charge in [-0.05, 0) is 37.1 Å². The van der Waals surface area contributed by atoms with Gasteiger partial charge in [-0.25, -0.2) is 4.98 Å². The van der Waals surface area contributed by atoms with Crippen molar-refractivity contribution in [2.45, 2.75) is 32.7 Å². The first kappa shape index (κ1) is 22.6. The molecule has 0 saturated carbocycles. The molecule has 0 aliphatic carbocycles. The van der Waals surface area contributed by atoms with Crippen molar-refractivity contribution in [1.82, 2.24) is 19.7 Å². The average molecular weight is 462 g/mol. The maximum Gasteiger partial charge on any atom is 0.276 e. The Bertz CT molecular complexity index is 1240. The number of pyridine rings is 1. The number of likely N-dealkylation sites (tertiary alicyclic amines) is 1. The van der Waals surface area contributed by atoms with Gasteiger partial charge in [0.05, 0.1) is 17.3 Å². The highest BCUT2D eigenvalue weighted by Gasteiger charge is 2.31. The fraction of sp³-hybridized carbons (Fsp3) is 0.280. The zero-order valence-electron chi connectivity index (χ0n) is 18.5. The molecule has 0 spiro atoms. The largest absolute Gasteiger partial charge is 0.340 e. The van der Waals surface area contributed by atoms with E-state index in [2.05, 4.69) is 27.2 Å². The predicted molar refractivity (Wildman–Crippen MR) is 127 cm³/mol. The van der Waals surface area contributed by atoms with Crippen LogP contribution in [0.3, 0.4) is 0 Å². The Labute approximate surface area is 197 Å². The van der Waals surface area contributed by atoms with Gasteiger partial charge in [-0.3, -0.25) is 14.3 Å². The molecule has 2 aromatic heterocycles. The molecule has 1 N–H and O–H groups in total. The minimum Gasteiger partial charge on any atom is -0.340 e. The van der Waals surface area contributed by atoms with Gasteiger partial charge in [-0.15, -0.1) is 0 Å². The van der Waals surface area contributed by atoms with Crippen molar-refractivity contribution in [2.24, 2.45) is 0 Å². The Kier molecular flexibility index (Phi) is 6.76. The van der Waals surface area contributed by atoms with Gasteiger partial charge in [-0.1, -0.05) is 48.6 Å². The predicted octanol–water partition coefficient (Wildman–Crippen LogP) is 4.08. The van der Waals surface area contributed by atoms with Crippen LogP contribution in [0, 0.1) is 18.8 Å². The third-order valence-corrected chi connectivity index (χ3v) is 5.84. The Balaban J connectivity index is 1.50. The van der Waals surface area contributed by atoms with Gasteiger partial charge in [0, 0.05) is 36.8 Å². The van der Waals surface area contributed by atoms with Crippen LogP contribution in [-0.4, -0.2) is 44.6 Å². The molecule has 1 unspecified atom stereocenters. The SMILES string of the molecule is CCC(=O)N1CCC(n2ncc(Cl)c2C(=O)Nc2ncc(C#Cc3ccccc3)cc2C)C1. The van der Waals surface area contributed by atoms with E-state index in [9.17, 15) is 9.59 Å². The molecule has 1 aliphatic rings. The van der Waals surface area contributed by atoms with Gasteiger partial charge in [0.15, 0.2) is 0 Å². The highest BCUT2D eigenvalue weighted by molar-refractivity contribution is 6.34. The van der Waals surface area contributed by atoms with E-state index in [-0.39, 0.29) is 22.7 Å². The van der Waals surface area contributed by atoms with Crippen molar-refractivity contribution < 1.29 is 9.59 Å². The van der Waals surface area contributed by atoms with Crippen LogP contribution in [0.5, 0.6) is 0 Å². The van der Waals surface area contributed by atoms with Gasteiger partial charge in [0.1, 0.15) is 11.5 Å². The van der Waals surface area contributed by atoms with Crippen LogP contribution in [0.25, 0.3) is 0 Å². The standard InChI is InChI=1S/C25H24ClN5O2/c1-3-22(32)30-12-11-20(16-30)31-23(21(26)15-28-31)25(33)29-24-17(2)13-19(14-27-24)10-9-18-7-5-4-6-8-18/h4-8,13-15,20H,3,11-12,16H2,1-2H3,(H,27,29,33). The summed E-state index contributed by atoms with van der Waals surface area (Å²) >= 11 is 6.31. The Morgan fingerprint density at radius 3 is 2.67 bits per heavy atom. The normalized spacial score (nSPS) is 15.1. The maximum absolute atomic E-state index is 13.1. The number of carbonyl (C=O) groups is 2. The number of nitrogens with zero attached hydrogens (tertiary/aromatic N) is 4. The number of amides is 2. The molecule has 8 heteroatoms. The number of halogens is 1. The summed E-state index contributed by atoms with van der Waals surface area (Å²) in [5, 5.41) is 7.42. The third-order valence-electron chi connectivity index (χ3n) is 5.57. The van der Waals surface area contributed by atoms with Gasteiger partial charge < -0.3 is 10.2 Å². The summed E-state index contributed by atoms with van der Waals surface area (Å²) in [6.07, 6.45) is 4.26. The summed E-state index contributed by atoms with van der Waals surface area (Å²) in [6, 6.07) is 11.5. The lowest BCUT2D eigenvalue weighted by Crippen LogP contribution is -2.29. The van der Waals surface area contributed by atoms with E-state index in [0.717, 1.165) is 23.1 Å². The summed E-state index contributed by atoms with van der Waals surface area (Å²) < 4.78 is 1.62. The molecule has 4 rings (SSSR count). The van der Waals surface area contributed by atoms with Crippen molar-refractivity contribution in [3.63, 3.8) is 0 Å². The van der Waals surface area contributed by atoms with Crippen molar-refractivity contribution in [3.8, 4) is 11.8 Å².